The number of pyridine rings is 1. The predicted molar refractivity (Wildman–Crippen MR) is 118 cm³/mol. The Morgan fingerprint density at radius 3 is 2.67 bits per heavy atom. The van der Waals surface area contributed by atoms with Crippen LogP contribution >= 0.6 is 15.9 Å². The maximum absolute atomic E-state index is 14.7. The molecule has 1 aromatic heterocycles. The molecule has 10 heteroatoms. The lowest BCUT2D eigenvalue weighted by Gasteiger charge is -2.39. The van der Waals surface area contributed by atoms with Crippen molar-refractivity contribution < 1.29 is 27.1 Å². The molecule has 2 heterocycles. The number of alkyl halides is 3. The van der Waals surface area contributed by atoms with E-state index in [-0.39, 0.29) is 18.6 Å². The number of ether oxygens (including phenoxy) is 1. The fourth-order valence-electron chi connectivity index (χ4n) is 3.82. The number of carbonyl (C=O) groups is 1. The maximum atomic E-state index is 14.7. The molecule has 172 valence electrons. The fraction of sp³-hybridized carbons (Fsp3) is 0.217. The summed E-state index contributed by atoms with van der Waals surface area (Å²) in [5.74, 6) is -1.15. The Labute approximate surface area is 195 Å². The summed E-state index contributed by atoms with van der Waals surface area (Å²) in [6.07, 6.45) is -3.08. The zero-order valence-corrected chi connectivity index (χ0v) is 18.8. The maximum Gasteiger partial charge on any atom is 0.482 e. The molecule has 1 atom stereocenters. The van der Waals surface area contributed by atoms with Crippen molar-refractivity contribution in [2.24, 2.45) is 0 Å². The lowest BCUT2D eigenvalue weighted by molar-refractivity contribution is -0.100. The highest BCUT2D eigenvalue weighted by atomic mass is 79.9. The largest absolute Gasteiger partial charge is 0.491 e. The van der Waals surface area contributed by atoms with Crippen LogP contribution < -0.4 is 15.4 Å². The van der Waals surface area contributed by atoms with Gasteiger partial charge in [0, 0.05) is 22.7 Å². The molecule has 33 heavy (non-hydrogen) atoms. The van der Waals surface area contributed by atoms with Gasteiger partial charge in [-0.1, -0.05) is 22.0 Å². The van der Waals surface area contributed by atoms with Gasteiger partial charge >= 0.3 is 6.30 Å². The van der Waals surface area contributed by atoms with Crippen LogP contribution in [-0.2, 0) is 5.54 Å². The van der Waals surface area contributed by atoms with Crippen molar-refractivity contribution in [3.8, 4) is 5.75 Å². The topological polar surface area (TPSA) is 63.2 Å². The van der Waals surface area contributed by atoms with Gasteiger partial charge in [0.05, 0.1) is 12.3 Å². The quantitative estimate of drug-likeness (QED) is 0.341. The summed E-state index contributed by atoms with van der Waals surface area (Å²) in [4.78, 5) is 17.6. The van der Waals surface area contributed by atoms with Crippen molar-refractivity contribution in [1.82, 2.24) is 10.3 Å². The summed E-state index contributed by atoms with van der Waals surface area (Å²) in [7, 11) is 0. The molecule has 0 radical (unpaired) electrons. The lowest BCUT2D eigenvalue weighted by atomic mass is 9.81. The molecule has 0 aliphatic carbocycles. The van der Waals surface area contributed by atoms with Crippen LogP contribution in [0, 0.1) is 12.7 Å². The third kappa shape index (κ3) is 4.66. The van der Waals surface area contributed by atoms with Crippen LogP contribution in [0.5, 0.6) is 5.75 Å². The average Bonchev–Trinajstić information content (AvgIpc) is 2.76. The Balaban J connectivity index is 1.81. The Hall–Kier alpha value is -3.14. The number of hydrogen-bond donors (Lipinski definition) is 2. The monoisotopic (exact) mass is 523 g/mol. The van der Waals surface area contributed by atoms with E-state index >= 15 is 0 Å². The first kappa shape index (κ1) is 23.0. The summed E-state index contributed by atoms with van der Waals surface area (Å²) >= 11 is 3.40. The number of benzene rings is 2. The first-order chi connectivity index (χ1) is 15.6. The van der Waals surface area contributed by atoms with Gasteiger partial charge in [0.15, 0.2) is 0 Å². The van der Waals surface area contributed by atoms with Gasteiger partial charge in [-0.25, -0.2) is 4.39 Å². The van der Waals surface area contributed by atoms with Gasteiger partial charge in [-0.2, -0.15) is 13.2 Å². The molecule has 2 aromatic carbocycles. The number of anilines is 1. The SMILES string of the molecule is Cc1cc(C(=O)NC2(c3ccc(NC(F)(F)F)c(F)c3)CCOc3cccnc32)ccc1Br. The van der Waals surface area contributed by atoms with E-state index in [4.69, 9.17) is 4.74 Å². The molecule has 1 amide bonds. The minimum atomic E-state index is -4.79. The summed E-state index contributed by atoms with van der Waals surface area (Å²) in [6, 6.07) is 11.7. The van der Waals surface area contributed by atoms with Crippen molar-refractivity contribution in [2.75, 3.05) is 11.9 Å². The molecule has 0 saturated carbocycles. The fourth-order valence-corrected chi connectivity index (χ4v) is 4.07. The van der Waals surface area contributed by atoms with Gasteiger partial charge < -0.3 is 10.1 Å². The number of carbonyl (C=O) groups excluding carboxylic acids is 1. The summed E-state index contributed by atoms with van der Waals surface area (Å²) < 4.78 is 59.3. The normalized spacial score (nSPS) is 17.6. The zero-order chi connectivity index (χ0) is 23.8. The molecule has 1 unspecified atom stereocenters. The van der Waals surface area contributed by atoms with E-state index in [1.807, 2.05) is 6.92 Å². The van der Waals surface area contributed by atoms with Crippen LogP contribution in [-0.4, -0.2) is 23.8 Å². The minimum absolute atomic E-state index is 0.183. The van der Waals surface area contributed by atoms with Gasteiger partial charge in [-0.05, 0) is 60.5 Å². The number of hydrogen-bond acceptors (Lipinski definition) is 4. The number of amides is 1. The van der Waals surface area contributed by atoms with Crippen LogP contribution in [0.25, 0.3) is 0 Å². The number of nitrogens with one attached hydrogen (secondary N) is 2. The van der Waals surface area contributed by atoms with Crippen molar-refractivity contribution in [1.29, 1.82) is 0 Å². The van der Waals surface area contributed by atoms with Crippen LogP contribution in [0.3, 0.4) is 0 Å². The Kier molecular flexibility index (Phi) is 6.04. The van der Waals surface area contributed by atoms with E-state index in [1.165, 1.54) is 17.6 Å². The molecule has 3 aromatic rings. The summed E-state index contributed by atoms with van der Waals surface area (Å²) in [5.41, 5.74) is -0.229. The predicted octanol–water partition coefficient (Wildman–Crippen LogP) is 5.68. The average molecular weight is 524 g/mol. The summed E-state index contributed by atoms with van der Waals surface area (Å²) in [5, 5.41) is 4.14. The molecule has 4 rings (SSSR count). The van der Waals surface area contributed by atoms with Crippen LogP contribution in [0.2, 0.25) is 0 Å². The standard InChI is InChI=1S/C23H18BrF4N3O2/c1-13-11-14(4-6-16(13)24)21(32)31-22(8-10-33-19-3-2-9-29-20(19)22)15-5-7-18(17(25)12-15)30-23(26,27)28/h2-7,9,11-12,30H,8,10H2,1H3,(H,31,32). The van der Waals surface area contributed by atoms with Crippen LogP contribution in [0.15, 0.2) is 59.2 Å². The number of rotatable bonds is 4. The second-order valence-corrected chi connectivity index (χ2v) is 8.44. The van der Waals surface area contributed by atoms with E-state index in [0.29, 0.717) is 17.0 Å². The number of aromatic nitrogens is 1. The minimum Gasteiger partial charge on any atom is -0.491 e. The lowest BCUT2D eigenvalue weighted by Crippen LogP contribution is -2.50. The molecule has 0 spiro atoms. The van der Waals surface area contributed by atoms with Crippen molar-refractivity contribution in [2.45, 2.75) is 25.2 Å². The van der Waals surface area contributed by atoms with E-state index in [1.54, 1.807) is 30.3 Å². The number of aryl methyl sites for hydroxylation is 1. The third-order valence-electron chi connectivity index (χ3n) is 5.39. The van der Waals surface area contributed by atoms with Crippen molar-refractivity contribution in [3.63, 3.8) is 0 Å². The molecule has 5 nitrogen and oxygen atoms in total. The molecule has 1 aliphatic rings. The Bertz CT molecular complexity index is 1220. The third-order valence-corrected chi connectivity index (χ3v) is 6.28. The van der Waals surface area contributed by atoms with E-state index in [2.05, 4.69) is 26.2 Å². The molecular formula is C23H18BrF4N3O2. The first-order valence-electron chi connectivity index (χ1n) is 9.91. The van der Waals surface area contributed by atoms with Gasteiger partial charge in [-0.3, -0.25) is 15.1 Å². The Morgan fingerprint density at radius 2 is 1.97 bits per heavy atom. The highest BCUT2D eigenvalue weighted by molar-refractivity contribution is 9.10. The second kappa shape index (κ2) is 8.66. The molecule has 0 fully saturated rings. The van der Waals surface area contributed by atoms with Gasteiger partial charge in [0.25, 0.3) is 5.91 Å². The smallest absolute Gasteiger partial charge is 0.482 e. The molecule has 2 N–H and O–H groups in total. The Morgan fingerprint density at radius 1 is 1.18 bits per heavy atom. The van der Waals surface area contributed by atoms with E-state index in [0.717, 1.165) is 22.2 Å². The first-order valence-corrected chi connectivity index (χ1v) is 10.7. The number of nitrogens with zero attached hydrogens (tertiary/aromatic N) is 1. The van der Waals surface area contributed by atoms with Gasteiger partial charge in [0.2, 0.25) is 0 Å². The molecule has 0 saturated heterocycles. The van der Waals surface area contributed by atoms with E-state index in [9.17, 15) is 22.4 Å². The second-order valence-electron chi connectivity index (χ2n) is 7.59. The van der Waals surface area contributed by atoms with E-state index < -0.39 is 29.3 Å². The highest BCUT2D eigenvalue weighted by Gasteiger charge is 2.43. The molecule has 1 aliphatic heterocycles. The molecule has 0 bridgehead atoms. The number of halogens is 5. The number of fused-ring (bicyclic) bond motifs is 1. The zero-order valence-electron chi connectivity index (χ0n) is 17.3. The van der Waals surface area contributed by atoms with Crippen molar-refractivity contribution >= 4 is 27.5 Å². The molecular weight excluding hydrogens is 506 g/mol. The highest BCUT2D eigenvalue weighted by Crippen LogP contribution is 2.41. The van der Waals surface area contributed by atoms with Gasteiger partial charge in [0.1, 0.15) is 22.8 Å². The summed E-state index contributed by atoms with van der Waals surface area (Å²) in [6.45, 7) is 2.02. The van der Waals surface area contributed by atoms with Crippen LogP contribution in [0.4, 0.5) is 23.2 Å². The van der Waals surface area contributed by atoms with Crippen molar-refractivity contribution in [3.05, 3.63) is 87.4 Å². The van der Waals surface area contributed by atoms with Gasteiger partial charge in [-0.15, -0.1) is 0 Å². The van der Waals surface area contributed by atoms with Crippen LogP contribution in [0.1, 0.15) is 33.6 Å².